The normalized spacial score (nSPS) is 25.0. The van der Waals surface area contributed by atoms with Crippen LogP contribution in [0, 0.1) is 12.8 Å². The summed E-state index contributed by atoms with van der Waals surface area (Å²) in [5.74, 6) is 1.55. The van der Waals surface area contributed by atoms with Gasteiger partial charge in [0.25, 0.3) is 0 Å². The second-order valence-electron chi connectivity index (χ2n) is 5.00. The standard InChI is InChI=1S/C14H21N/c1-10-4-5-14-12(6-10)7-11(2)8-13(14)9-15-3/h4-6,11,13,15H,7-9H2,1-3H3. The average molecular weight is 203 g/mol. The molecule has 1 N–H and O–H groups in total. The van der Waals surface area contributed by atoms with Gasteiger partial charge < -0.3 is 5.32 Å². The molecule has 0 spiro atoms. The molecule has 2 atom stereocenters. The molecule has 1 aliphatic rings. The zero-order valence-corrected chi connectivity index (χ0v) is 10.0. The van der Waals surface area contributed by atoms with Gasteiger partial charge in [-0.05, 0) is 49.8 Å². The van der Waals surface area contributed by atoms with Crippen LogP contribution in [0.1, 0.15) is 36.0 Å². The maximum atomic E-state index is 3.31. The second kappa shape index (κ2) is 4.36. The van der Waals surface area contributed by atoms with E-state index in [-0.39, 0.29) is 0 Å². The van der Waals surface area contributed by atoms with E-state index in [0.29, 0.717) is 5.92 Å². The van der Waals surface area contributed by atoms with Crippen molar-refractivity contribution < 1.29 is 0 Å². The zero-order chi connectivity index (χ0) is 10.8. The van der Waals surface area contributed by atoms with E-state index in [4.69, 9.17) is 0 Å². The lowest BCUT2D eigenvalue weighted by molar-refractivity contribution is 0.422. The fourth-order valence-electron chi connectivity index (χ4n) is 2.82. The van der Waals surface area contributed by atoms with Crippen LogP contribution in [0.3, 0.4) is 0 Å². The van der Waals surface area contributed by atoms with E-state index in [1.807, 2.05) is 7.05 Å². The summed E-state index contributed by atoms with van der Waals surface area (Å²) >= 11 is 0. The molecule has 0 amide bonds. The van der Waals surface area contributed by atoms with Crippen molar-refractivity contribution in [3.05, 3.63) is 34.9 Å². The molecule has 15 heavy (non-hydrogen) atoms. The Morgan fingerprint density at radius 1 is 1.40 bits per heavy atom. The Kier molecular flexibility index (Phi) is 3.11. The Balaban J connectivity index is 2.33. The molecule has 82 valence electrons. The number of aryl methyl sites for hydroxylation is 1. The van der Waals surface area contributed by atoms with Crippen molar-refractivity contribution in [3.63, 3.8) is 0 Å². The van der Waals surface area contributed by atoms with Gasteiger partial charge in [0.15, 0.2) is 0 Å². The van der Waals surface area contributed by atoms with Crippen LogP contribution in [0.2, 0.25) is 0 Å². The van der Waals surface area contributed by atoms with Crippen molar-refractivity contribution in [1.29, 1.82) is 0 Å². The minimum Gasteiger partial charge on any atom is -0.319 e. The number of hydrogen-bond donors (Lipinski definition) is 1. The van der Waals surface area contributed by atoms with Gasteiger partial charge in [-0.3, -0.25) is 0 Å². The monoisotopic (exact) mass is 203 g/mol. The minimum absolute atomic E-state index is 0.717. The highest BCUT2D eigenvalue weighted by Crippen LogP contribution is 2.34. The number of nitrogens with one attached hydrogen (secondary N) is 1. The van der Waals surface area contributed by atoms with Gasteiger partial charge in [0.05, 0.1) is 0 Å². The van der Waals surface area contributed by atoms with Crippen LogP contribution in [0.5, 0.6) is 0 Å². The lowest BCUT2D eigenvalue weighted by atomic mass is 9.77. The van der Waals surface area contributed by atoms with E-state index in [2.05, 4.69) is 37.4 Å². The number of benzene rings is 1. The van der Waals surface area contributed by atoms with E-state index in [0.717, 1.165) is 12.5 Å². The smallest absolute Gasteiger partial charge is 0.00173 e. The van der Waals surface area contributed by atoms with Crippen molar-refractivity contribution >= 4 is 0 Å². The first-order valence-corrected chi connectivity index (χ1v) is 5.94. The molecule has 0 bridgehead atoms. The summed E-state index contributed by atoms with van der Waals surface area (Å²) in [4.78, 5) is 0. The van der Waals surface area contributed by atoms with E-state index < -0.39 is 0 Å². The molecular formula is C14H21N. The Hall–Kier alpha value is -0.820. The molecule has 0 aromatic heterocycles. The first kappa shape index (κ1) is 10.7. The maximum Gasteiger partial charge on any atom is 0.00173 e. The molecular weight excluding hydrogens is 182 g/mol. The van der Waals surface area contributed by atoms with E-state index in [9.17, 15) is 0 Å². The van der Waals surface area contributed by atoms with Crippen LogP contribution in [0.4, 0.5) is 0 Å². The number of fused-ring (bicyclic) bond motifs is 1. The largest absolute Gasteiger partial charge is 0.319 e. The Morgan fingerprint density at radius 2 is 2.20 bits per heavy atom. The van der Waals surface area contributed by atoms with Crippen LogP contribution < -0.4 is 5.32 Å². The highest BCUT2D eigenvalue weighted by atomic mass is 14.8. The van der Waals surface area contributed by atoms with Crippen LogP contribution >= 0.6 is 0 Å². The van der Waals surface area contributed by atoms with Crippen LogP contribution in [-0.4, -0.2) is 13.6 Å². The Morgan fingerprint density at radius 3 is 2.93 bits per heavy atom. The third-order valence-electron chi connectivity index (χ3n) is 3.44. The summed E-state index contributed by atoms with van der Waals surface area (Å²) in [5, 5.41) is 3.31. The van der Waals surface area contributed by atoms with Gasteiger partial charge in [-0.15, -0.1) is 0 Å². The summed E-state index contributed by atoms with van der Waals surface area (Å²) in [6.07, 6.45) is 2.59. The van der Waals surface area contributed by atoms with Gasteiger partial charge in [0.2, 0.25) is 0 Å². The molecule has 0 radical (unpaired) electrons. The fourth-order valence-corrected chi connectivity index (χ4v) is 2.82. The van der Waals surface area contributed by atoms with Crippen molar-refractivity contribution in [1.82, 2.24) is 5.32 Å². The number of likely N-dealkylation sites (N-methyl/N-ethyl adjacent to an activating group) is 1. The Labute approximate surface area is 92.9 Å². The first-order chi connectivity index (χ1) is 7.20. The molecule has 1 aliphatic carbocycles. The number of rotatable bonds is 2. The SMILES string of the molecule is CNCC1CC(C)Cc2cc(C)ccc21. The molecule has 2 rings (SSSR count). The van der Waals surface area contributed by atoms with Crippen molar-refractivity contribution in [2.24, 2.45) is 5.92 Å². The predicted octanol–water partition coefficient (Wildman–Crippen LogP) is 2.88. The predicted molar refractivity (Wildman–Crippen MR) is 65.3 cm³/mol. The Bertz CT molecular complexity index is 343. The van der Waals surface area contributed by atoms with Gasteiger partial charge in [-0.2, -0.15) is 0 Å². The molecule has 0 heterocycles. The lowest BCUT2D eigenvalue weighted by Gasteiger charge is -2.30. The van der Waals surface area contributed by atoms with E-state index in [1.54, 1.807) is 11.1 Å². The molecule has 0 fully saturated rings. The average Bonchev–Trinajstić information content (AvgIpc) is 2.17. The van der Waals surface area contributed by atoms with Gasteiger partial charge >= 0.3 is 0 Å². The van der Waals surface area contributed by atoms with Crippen molar-refractivity contribution in [2.75, 3.05) is 13.6 Å². The molecule has 0 saturated carbocycles. The molecule has 1 nitrogen and oxygen atoms in total. The summed E-state index contributed by atoms with van der Waals surface area (Å²) in [5.41, 5.74) is 4.55. The third-order valence-corrected chi connectivity index (χ3v) is 3.44. The quantitative estimate of drug-likeness (QED) is 0.779. The van der Waals surface area contributed by atoms with Gasteiger partial charge in [0, 0.05) is 6.54 Å². The molecule has 1 aromatic carbocycles. The van der Waals surface area contributed by atoms with Crippen LogP contribution in [0.25, 0.3) is 0 Å². The van der Waals surface area contributed by atoms with Crippen LogP contribution in [0.15, 0.2) is 18.2 Å². The minimum atomic E-state index is 0.717. The first-order valence-electron chi connectivity index (χ1n) is 5.94. The van der Waals surface area contributed by atoms with E-state index >= 15 is 0 Å². The van der Waals surface area contributed by atoms with Gasteiger partial charge in [0.1, 0.15) is 0 Å². The van der Waals surface area contributed by atoms with Gasteiger partial charge in [-0.25, -0.2) is 0 Å². The van der Waals surface area contributed by atoms with Crippen molar-refractivity contribution in [3.8, 4) is 0 Å². The second-order valence-corrected chi connectivity index (χ2v) is 5.00. The topological polar surface area (TPSA) is 12.0 Å². The third kappa shape index (κ3) is 2.23. The van der Waals surface area contributed by atoms with Gasteiger partial charge in [-0.1, -0.05) is 30.7 Å². The highest BCUT2D eigenvalue weighted by molar-refractivity contribution is 5.36. The summed E-state index contributed by atoms with van der Waals surface area (Å²) in [6, 6.07) is 6.95. The summed E-state index contributed by atoms with van der Waals surface area (Å²) in [6.45, 7) is 5.67. The van der Waals surface area contributed by atoms with E-state index in [1.165, 1.54) is 18.4 Å². The molecule has 0 saturated heterocycles. The zero-order valence-electron chi connectivity index (χ0n) is 10.0. The molecule has 1 aromatic rings. The molecule has 0 aliphatic heterocycles. The lowest BCUT2D eigenvalue weighted by Crippen LogP contribution is -2.24. The maximum absolute atomic E-state index is 3.31. The molecule has 2 unspecified atom stereocenters. The summed E-state index contributed by atoms with van der Waals surface area (Å²) < 4.78 is 0. The van der Waals surface area contributed by atoms with Crippen molar-refractivity contribution in [2.45, 2.75) is 32.6 Å². The number of hydrogen-bond acceptors (Lipinski definition) is 1. The molecule has 1 heteroatoms. The fraction of sp³-hybridized carbons (Fsp3) is 0.571. The summed E-state index contributed by atoms with van der Waals surface area (Å²) in [7, 11) is 2.05. The highest BCUT2D eigenvalue weighted by Gasteiger charge is 2.23. The van der Waals surface area contributed by atoms with Crippen LogP contribution in [-0.2, 0) is 6.42 Å².